The van der Waals surface area contributed by atoms with Crippen molar-refractivity contribution in [3.63, 3.8) is 0 Å². The van der Waals surface area contributed by atoms with Crippen molar-refractivity contribution in [2.45, 2.75) is 38.7 Å². The van der Waals surface area contributed by atoms with E-state index in [4.69, 9.17) is 9.47 Å². The molecule has 1 fully saturated rings. The molecule has 25 heavy (non-hydrogen) atoms. The fourth-order valence-electron chi connectivity index (χ4n) is 2.69. The second kappa shape index (κ2) is 14.3. The lowest BCUT2D eigenvalue weighted by molar-refractivity contribution is 0.0191. The average molecular weight is 461 g/mol. The summed E-state index contributed by atoms with van der Waals surface area (Å²) in [6, 6.07) is 10.6. The number of nitrogens with one attached hydrogen (secondary N) is 2. The molecule has 6 heteroatoms. The first kappa shape index (κ1) is 22.2. The first-order valence-electron chi connectivity index (χ1n) is 9.14. The maximum Gasteiger partial charge on any atom is 0.191 e. The Bertz CT molecular complexity index is 465. The first-order valence-corrected chi connectivity index (χ1v) is 9.14. The van der Waals surface area contributed by atoms with E-state index in [-0.39, 0.29) is 24.0 Å². The topological polar surface area (TPSA) is 54.9 Å². The van der Waals surface area contributed by atoms with Gasteiger partial charge in [0.05, 0.1) is 19.3 Å². The van der Waals surface area contributed by atoms with Gasteiger partial charge in [0.25, 0.3) is 0 Å². The highest BCUT2D eigenvalue weighted by Crippen LogP contribution is 2.11. The van der Waals surface area contributed by atoms with Crippen molar-refractivity contribution in [2.75, 3.05) is 39.5 Å². The maximum absolute atomic E-state index is 5.66. The number of halogens is 1. The third-order valence-corrected chi connectivity index (χ3v) is 3.95. The summed E-state index contributed by atoms with van der Waals surface area (Å²) in [5.41, 5.74) is 1.37. The minimum absolute atomic E-state index is 0. The van der Waals surface area contributed by atoms with E-state index < -0.39 is 0 Å². The Morgan fingerprint density at radius 3 is 2.84 bits per heavy atom. The van der Waals surface area contributed by atoms with Gasteiger partial charge in [0.1, 0.15) is 0 Å². The van der Waals surface area contributed by atoms with Crippen LogP contribution in [0, 0.1) is 0 Å². The third kappa shape index (κ3) is 10.0. The van der Waals surface area contributed by atoms with Crippen molar-refractivity contribution < 1.29 is 9.47 Å². The maximum atomic E-state index is 5.66. The number of nitrogens with zero attached hydrogens (tertiary/aromatic N) is 1. The van der Waals surface area contributed by atoms with E-state index in [1.54, 1.807) is 0 Å². The molecule has 142 valence electrons. The van der Waals surface area contributed by atoms with Gasteiger partial charge >= 0.3 is 0 Å². The van der Waals surface area contributed by atoms with Gasteiger partial charge in [-0.1, -0.05) is 30.3 Å². The van der Waals surface area contributed by atoms with Crippen LogP contribution in [-0.4, -0.2) is 51.5 Å². The van der Waals surface area contributed by atoms with E-state index in [1.807, 2.05) is 0 Å². The minimum atomic E-state index is 0. The van der Waals surface area contributed by atoms with Gasteiger partial charge in [-0.15, -0.1) is 24.0 Å². The van der Waals surface area contributed by atoms with Crippen LogP contribution < -0.4 is 10.6 Å². The zero-order chi connectivity index (χ0) is 16.9. The van der Waals surface area contributed by atoms with E-state index in [1.165, 1.54) is 5.56 Å². The predicted octanol–water partition coefficient (Wildman–Crippen LogP) is 2.99. The average Bonchev–Trinajstić information content (AvgIpc) is 3.12. The van der Waals surface area contributed by atoms with Crippen LogP contribution in [0.1, 0.15) is 31.7 Å². The molecular formula is C19H32IN3O2. The van der Waals surface area contributed by atoms with Crippen molar-refractivity contribution >= 4 is 29.9 Å². The minimum Gasteiger partial charge on any atom is -0.377 e. The summed E-state index contributed by atoms with van der Waals surface area (Å²) in [4.78, 5) is 4.62. The zero-order valence-corrected chi connectivity index (χ0v) is 17.5. The fraction of sp³-hybridized carbons (Fsp3) is 0.632. The van der Waals surface area contributed by atoms with E-state index >= 15 is 0 Å². The highest BCUT2D eigenvalue weighted by atomic mass is 127. The Morgan fingerprint density at radius 1 is 1.28 bits per heavy atom. The Hall–Kier alpha value is -0.860. The van der Waals surface area contributed by atoms with Crippen LogP contribution >= 0.6 is 24.0 Å². The molecule has 1 atom stereocenters. The van der Waals surface area contributed by atoms with E-state index in [0.717, 1.165) is 57.9 Å². The molecule has 1 heterocycles. The summed E-state index contributed by atoms with van der Waals surface area (Å²) in [5.74, 6) is 0.867. The van der Waals surface area contributed by atoms with Gasteiger partial charge < -0.3 is 20.1 Å². The molecule has 0 aliphatic carbocycles. The monoisotopic (exact) mass is 461 g/mol. The summed E-state index contributed by atoms with van der Waals surface area (Å²) in [6.07, 6.45) is 4.69. The Morgan fingerprint density at radius 2 is 2.12 bits per heavy atom. The molecule has 1 unspecified atom stereocenters. The van der Waals surface area contributed by atoms with Crippen LogP contribution in [0.5, 0.6) is 0 Å². The third-order valence-electron chi connectivity index (χ3n) is 3.95. The molecule has 1 saturated heterocycles. The number of rotatable bonds is 10. The van der Waals surface area contributed by atoms with Crippen molar-refractivity contribution in [1.82, 2.24) is 10.6 Å². The summed E-state index contributed by atoms with van der Waals surface area (Å²) < 4.78 is 11.2. The molecule has 0 bridgehead atoms. The van der Waals surface area contributed by atoms with Gasteiger partial charge in [-0.3, -0.25) is 4.99 Å². The van der Waals surface area contributed by atoms with Crippen LogP contribution in [0.15, 0.2) is 35.3 Å². The molecule has 0 saturated carbocycles. The smallest absolute Gasteiger partial charge is 0.191 e. The van der Waals surface area contributed by atoms with Gasteiger partial charge in [-0.05, 0) is 38.2 Å². The van der Waals surface area contributed by atoms with Crippen molar-refractivity contribution in [3.05, 3.63) is 35.9 Å². The van der Waals surface area contributed by atoms with Crippen LogP contribution in [0.25, 0.3) is 0 Å². The molecule has 0 radical (unpaired) electrons. The number of guanidine groups is 1. The molecule has 2 N–H and O–H groups in total. The van der Waals surface area contributed by atoms with E-state index in [9.17, 15) is 0 Å². The number of ether oxygens (including phenoxy) is 2. The summed E-state index contributed by atoms with van der Waals surface area (Å²) >= 11 is 0. The number of hydrogen-bond donors (Lipinski definition) is 2. The van der Waals surface area contributed by atoms with E-state index in [2.05, 4.69) is 52.9 Å². The fourth-order valence-corrected chi connectivity index (χ4v) is 2.69. The van der Waals surface area contributed by atoms with Gasteiger partial charge in [0, 0.05) is 26.2 Å². The van der Waals surface area contributed by atoms with Crippen LogP contribution in [0.3, 0.4) is 0 Å². The molecule has 5 nitrogen and oxygen atoms in total. The van der Waals surface area contributed by atoms with Crippen molar-refractivity contribution in [1.29, 1.82) is 0 Å². The molecular weight excluding hydrogens is 429 g/mol. The Balaban J connectivity index is 0.00000312. The SMILES string of the molecule is CCNC(=NCCCc1ccccc1)NCCOCC1CCCO1.I. The quantitative estimate of drug-likeness (QED) is 0.244. The summed E-state index contributed by atoms with van der Waals surface area (Å²) in [5, 5.41) is 6.59. The van der Waals surface area contributed by atoms with Gasteiger partial charge in [-0.2, -0.15) is 0 Å². The zero-order valence-electron chi connectivity index (χ0n) is 15.2. The Labute approximate surface area is 169 Å². The Kier molecular flexibility index (Phi) is 12.7. The normalized spacial score (nSPS) is 17.2. The molecule has 1 aromatic rings. The van der Waals surface area contributed by atoms with Crippen molar-refractivity contribution in [2.24, 2.45) is 4.99 Å². The molecule has 1 aliphatic rings. The van der Waals surface area contributed by atoms with Crippen LogP contribution in [0.2, 0.25) is 0 Å². The lowest BCUT2D eigenvalue weighted by Crippen LogP contribution is -2.39. The molecule has 1 aromatic carbocycles. The number of hydrogen-bond acceptors (Lipinski definition) is 3. The molecule has 0 spiro atoms. The second-order valence-corrected chi connectivity index (χ2v) is 5.99. The standard InChI is InChI=1S/C19H31N3O2.HI/c1-2-20-19(21-12-6-10-17-8-4-3-5-9-17)22-13-15-23-16-18-11-7-14-24-18;/h3-5,8-9,18H,2,6-7,10-16H2,1H3,(H2,20,21,22);1H. The lowest BCUT2D eigenvalue weighted by Gasteiger charge is -2.13. The number of aryl methyl sites for hydroxylation is 1. The van der Waals surface area contributed by atoms with E-state index in [0.29, 0.717) is 19.3 Å². The van der Waals surface area contributed by atoms with Crippen LogP contribution in [0.4, 0.5) is 0 Å². The predicted molar refractivity (Wildman–Crippen MR) is 114 cm³/mol. The molecule has 0 amide bonds. The first-order chi connectivity index (χ1) is 11.9. The van der Waals surface area contributed by atoms with Crippen LogP contribution in [-0.2, 0) is 15.9 Å². The number of benzene rings is 1. The van der Waals surface area contributed by atoms with Gasteiger partial charge in [0.2, 0.25) is 0 Å². The molecule has 1 aliphatic heterocycles. The molecule has 2 rings (SSSR count). The largest absolute Gasteiger partial charge is 0.377 e. The van der Waals surface area contributed by atoms with Gasteiger partial charge in [-0.25, -0.2) is 0 Å². The number of aliphatic imine (C=N–C) groups is 1. The summed E-state index contributed by atoms with van der Waals surface area (Å²) in [7, 11) is 0. The molecule has 0 aromatic heterocycles. The summed E-state index contributed by atoms with van der Waals surface area (Å²) in [6.45, 7) is 6.78. The highest BCUT2D eigenvalue weighted by molar-refractivity contribution is 14.0. The lowest BCUT2D eigenvalue weighted by atomic mass is 10.1. The van der Waals surface area contributed by atoms with Crippen molar-refractivity contribution in [3.8, 4) is 0 Å². The van der Waals surface area contributed by atoms with Gasteiger partial charge in [0.15, 0.2) is 5.96 Å². The highest BCUT2D eigenvalue weighted by Gasteiger charge is 2.14. The second-order valence-electron chi connectivity index (χ2n) is 5.99.